The van der Waals surface area contributed by atoms with Gasteiger partial charge in [-0.25, -0.2) is 9.97 Å². The Bertz CT molecular complexity index is 1110. The smallest absolute Gasteiger partial charge is 0.225 e. The van der Waals surface area contributed by atoms with Crippen LogP contribution in [0.2, 0.25) is 0 Å². The Hall–Kier alpha value is -2.76. The Morgan fingerprint density at radius 2 is 1.72 bits per heavy atom. The number of nitrogens with zero attached hydrogens (tertiary/aromatic N) is 3. The summed E-state index contributed by atoms with van der Waals surface area (Å²) in [6.07, 6.45) is 4.11. The zero-order valence-corrected chi connectivity index (χ0v) is 17.1. The molecule has 1 aliphatic heterocycles. The zero-order chi connectivity index (χ0) is 19.6. The molecule has 0 radical (unpaired) electrons. The number of rotatable bonds is 4. The van der Waals surface area contributed by atoms with Crippen molar-refractivity contribution in [3.63, 3.8) is 0 Å². The van der Waals surface area contributed by atoms with Gasteiger partial charge in [0.2, 0.25) is 5.95 Å². The molecule has 2 aromatic carbocycles. The van der Waals surface area contributed by atoms with Crippen molar-refractivity contribution in [2.75, 3.05) is 24.5 Å². The van der Waals surface area contributed by atoms with E-state index in [4.69, 9.17) is 10.7 Å². The molecule has 0 saturated carbocycles. The average Bonchev–Trinajstić information content (AvgIpc) is 3.33. The number of thiophene rings is 1. The van der Waals surface area contributed by atoms with Crippen molar-refractivity contribution in [1.29, 1.82) is 0 Å². The standard InChI is InChI=1S/C24H24N4S/c25-16-17-8-11-28(12-9-17)24-26-10-7-22(27-24)20-5-3-19-15-21(6-4-18(19)14-20)23-2-1-13-29-23/h1-7,10,13-15,17H,8-9,11-12,16,25H2. The van der Waals surface area contributed by atoms with Gasteiger partial charge >= 0.3 is 0 Å². The molecule has 29 heavy (non-hydrogen) atoms. The lowest BCUT2D eigenvalue weighted by Crippen LogP contribution is -2.37. The van der Waals surface area contributed by atoms with E-state index in [1.807, 2.05) is 12.3 Å². The Morgan fingerprint density at radius 1 is 0.966 bits per heavy atom. The normalized spacial score (nSPS) is 15.1. The molecule has 2 aromatic heterocycles. The molecule has 5 rings (SSSR count). The molecular weight excluding hydrogens is 376 g/mol. The van der Waals surface area contributed by atoms with Crippen molar-refractivity contribution >= 4 is 28.1 Å². The van der Waals surface area contributed by atoms with Crippen LogP contribution in [0.15, 0.2) is 66.2 Å². The Kier molecular flexibility index (Phi) is 5.00. The van der Waals surface area contributed by atoms with Gasteiger partial charge in [0.15, 0.2) is 0 Å². The summed E-state index contributed by atoms with van der Waals surface area (Å²) in [6.45, 7) is 2.74. The first-order valence-corrected chi connectivity index (χ1v) is 11.0. The van der Waals surface area contributed by atoms with E-state index in [0.717, 1.165) is 49.7 Å². The highest BCUT2D eigenvalue weighted by atomic mass is 32.1. The molecule has 1 aliphatic rings. The van der Waals surface area contributed by atoms with Crippen LogP contribution in [0.4, 0.5) is 5.95 Å². The highest BCUT2D eigenvalue weighted by Crippen LogP contribution is 2.30. The monoisotopic (exact) mass is 400 g/mol. The van der Waals surface area contributed by atoms with Gasteiger partial charge in [-0.2, -0.15) is 0 Å². The number of piperidine rings is 1. The molecule has 2 N–H and O–H groups in total. The van der Waals surface area contributed by atoms with Crippen molar-refractivity contribution < 1.29 is 0 Å². The quantitative estimate of drug-likeness (QED) is 0.511. The molecule has 146 valence electrons. The number of hydrogen-bond acceptors (Lipinski definition) is 5. The van der Waals surface area contributed by atoms with Crippen LogP contribution >= 0.6 is 11.3 Å². The lowest BCUT2D eigenvalue weighted by molar-refractivity contribution is 0.411. The summed E-state index contributed by atoms with van der Waals surface area (Å²) in [4.78, 5) is 13.0. The van der Waals surface area contributed by atoms with E-state index in [0.29, 0.717) is 5.92 Å². The van der Waals surface area contributed by atoms with Crippen LogP contribution in [0.5, 0.6) is 0 Å². The van der Waals surface area contributed by atoms with Crippen LogP contribution in [-0.4, -0.2) is 29.6 Å². The van der Waals surface area contributed by atoms with Gasteiger partial charge in [0.25, 0.3) is 0 Å². The fourth-order valence-corrected chi connectivity index (χ4v) is 4.76. The van der Waals surface area contributed by atoms with Crippen LogP contribution in [0, 0.1) is 5.92 Å². The lowest BCUT2D eigenvalue weighted by Gasteiger charge is -2.31. The van der Waals surface area contributed by atoms with Crippen molar-refractivity contribution in [3.05, 3.63) is 66.2 Å². The van der Waals surface area contributed by atoms with Gasteiger partial charge in [-0.05, 0) is 71.3 Å². The molecule has 1 saturated heterocycles. The number of benzene rings is 2. The third-order valence-electron chi connectivity index (χ3n) is 5.82. The molecule has 4 nitrogen and oxygen atoms in total. The van der Waals surface area contributed by atoms with Gasteiger partial charge in [0.05, 0.1) is 5.69 Å². The van der Waals surface area contributed by atoms with E-state index in [1.54, 1.807) is 11.3 Å². The summed E-state index contributed by atoms with van der Waals surface area (Å²) in [5.74, 6) is 1.46. The van der Waals surface area contributed by atoms with Crippen molar-refractivity contribution in [3.8, 4) is 21.7 Å². The molecule has 5 heteroatoms. The second kappa shape index (κ2) is 7.93. The summed E-state index contributed by atoms with van der Waals surface area (Å²) in [5, 5.41) is 4.60. The van der Waals surface area contributed by atoms with Crippen molar-refractivity contribution in [1.82, 2.24) is 9.97 Å². The SMILES string of the molecule is NCC1CCN(c2nccc(-c3ccc4cc(-c5cccs5)ccc4c3)n2)CC1. The predicted octanol–water partition coefficient (Wildman–Crippen LogP) is 5.20. The highest BCUT2D eigenvalue weighted by Gasteiger charge is 2.20. The van der Waals surface area contributed by atoms with Crippen LogP contribution in [0.1, 0.15) is 12.8 Å². The number of aromatic nitrogens is 2. The summed E-state index contributed by atoms with van der Waals surface area (Å²) < 4.78 is 0. The molecule has 0 aliphatic carbocycles. The predicted molar refractivity (Wildman–Crippen MR) is 122 cm³/mol. The zero-order valence-electron chi connectivity index (χ0n) is 16.3. The van der Waals surface area contributed by atoms with E-state index < -0.39 is 0 Å². The molecular formula is C24H24N4S. The number of nitrogens with two attached hydrogens (primary N) is 1. The van der Waals surface area contributed by atoms with Gasteiger partial charge in [0.1, 0.15) is 0 Å². The first kappa shape index (κ1) is 18.3. The molecule has 3 heterocycles. The lowest BCUT2D eigenvalue weighted by atomic mass is 9.97. The second-order valence-corrected chi connectivity index (χ2v) is 8.61. The number of hydrogen-bond donors (Lipinski definition) is 1. The van der Waals surface area contributed by atoms with Gasteiger partial charge in [-0.1, -0.05) is 30.3 Å². The second-order valence-electron chi connectivity index (χ2n) is 7.66. The topological polar surface area (TPSA) is 55.0 Å². The summed E-state index contributed by atoms with van der Waals surface area (Å²) in [5.41, 5.74) is 9.19. The minimum Gasteiger partial charge on any atom is -0.341 e. The summed E-state index contributed by atoms with van der Waals surface area (Å²) in [6, 6.07) is 19.5. The minimum atomic E-state index is 0.633. The maximum absolute atomic E-state index is 5.82. The highest BCUT2D eigenvalue weighted by molar-refractivity contribution is 7.13. The maximum Gasteiger partial charge on any atom is 0.225 e. The molecule has 0 unspecified atom stereocenters. The van der Waals surface area contributed by atoms with Crippen LogP contribution in [0.25, 0.3) is 32.5 Å². The van der Waals surface area contributed by atoms with E-state index in [2.05, 4.69) is 63.8 Å². The fourth-order valence-electron chi connectivity index (χ4n) is 4.03. The minimum absolute atomic E-state index is 0.633. The first-order chi connectivity index (χ1) is 14.3. The third-order valence-corrected chi connectivity index (χ3v) is 6.73. The summed E-state index contributed by atoms with van der Waals surface area (Å²) in [7, 11) is 0. The largest absolute Gasteiger partial charge is 0.341 e. The number of fused-ring (bicyclic) bond motifs is 1. The van der Waals surface area contributed by atoms with Gasteiger partial charge in [-0.3, -0.25) is 0 Å². The molecule has 0 amide bonds. The van der Waals surface area contributed by atoms with E-state index in [9.17, 15) is 0 Å². The van der Waals surface area contributed by atoms with Crippen LogP contribution in [0.3, 0.4) is 0 Å². The van der Waals surface area contributed by atoms with Crippen molar-refractivity contribution in [2.45, 2.75) is 12.8 Å². The molecule has 0 spiro atoms. The first-order valence-electron chi connectivity index (χ1n) is 10.2. The Morgan fingerprint density at radius 3 is 2.45 bits per heavy atom. The molecule has 0 bridgehead atoms. The van der Waals surface area contributed by atoms with Crippen LogP contribution < -0.4 is 10.6 Å². The van der Waals surface area contributed by atoms with Gasteiger partial charge in [-0.15, -0.1) is 11.3 Å². The number of anilines is 1. The van der Waals surface area contributed by atoms with Gasteiger partial charge < -0.3 is 10.6 Å². The maximum atomic E-state index is 5.82. The molecule has 0 atom stereocenters. The van der Waals surface area contributed by atoms with E-state index >= 15 is 0 Å². The van der Waals surface area contributed by atoms with E-state index in [1.165, 1.54) is 21.2 Å². The van der Waals surface area contributed by atoms with Crippen LogP contribution in [-0.2, 0) is 0 Å². The molecule has 4 aromatic rings. The average molecular weight is 401 g/mol. The van der Waals surface area contributed by atoms with Crippen molar-refractivity contribution in [2.24, 2.45) is 11.7 Å². The van der Waals surface area contributed by atoms with Gasteiger partial charge in [0, 0.05) is 29.7 Å². The summed E-state index contributed by atoms with van der Waals surface area (Å²) >= 11 is 1.77. The fraction of sp³-hybridized carbons (Fsp3) is 0.250. The molecule has 1 fully saturated rings. The Balaban J connectivity index is 1.42. The van der Waals surface area contributed by atoms with E-state index in [-0.39, 0.29) is 0 Å². The Labute approximate surface area is 175 Å². The third kappa shape index (κ3) is 3.76.